The van der Waals surface area contributed by atoms with Crippen LogP contribution in [-0.4, -0.2) is 40.3 Å². The van der Waals surface area contributed by atoms with Crippen molar-refractivity contribution in [2.24, 2.45) is 0 Å². The average Bonchev–Trinajstić information content (AvgIpc) is 2.76. The van der Waals surface area contributed by atoms with E-state index >= 15 is 0 Å². The van der Waals surface area contributed by atoms with Crippen molar-refractivity contribution < 1.29 is 9.26 Å². The van der Waals surface area contributed by atoms with Gasteiger partial charge < -0.3 is 9.26 Å². The van der Waals surface area contributed by atoms with Crippen molar-refractivity contribution in [3.8, 4) is 0 Å². The van der Waals surface area contributed by atoms with E-state index in [0.29, 0.717) is 0 Å². The van der Waals surface area contributed by atoms with Gasteiger partial charge in [-0.05, 0) is 27.2 Å². The summed E-state index contributed by atoms with van der Waals surface area (Å²) in [7, 11) is 0. The minimum absolute atomic E-state index is 0.164. The van der Waals surface area contributed by atoms with Crippen LogP contribution in [0.2, 0.25) is 0 Å². The van der Waals surface area contributed by atoms with Gasteiger partial charge in [0.1, 0.15) is 0 Å². The van der Waals surface area contributed by atoms with E-state index in [-0.39, 0.29) is 18.2 Å². The molecule has 2 heterocycles. The molecule has 1 saturated heterocycles. The van der Waals surface area contributed by atoms with Crippen molar-refractivity contribution in [1.82, 2.24) is 15.0 Å². The summed E-state index contributed by atoms with van der Waals surface area (Å²) in [6.45, 7) is 10.3. The summed E-state index contributed by atoms with van der Waals surface area (Å²) in [4.78, 5) is 6.81. The molecule has 0 spiro atoms. The zero-order valence-corrected chi connectivity index (χ0v) is 11.7. The molecule has 0 N–H and O–H groups in total. The molecule has 1 aromatic rings. The second kappa shape index (κ2) is 5.80. The molecule has 0 bridgehead atoms. The molecule has 3 atom stereocenters. The summed E-state index contributed by atoms with van der Waals surface area (Å²) in [6.07, 6.45) is 2.44. The van der Waals surface area contributed by atoms with E-state index in [2.05, 4.69) is 42.7 Å². The molecule has 0 saturated carbocycles. The third-order valence-corrected chi connectivity index (χ3v) is 3.31. The minimum Gasteiger partial charge on any atom is -0.373 e. The average molecular weight is 253 g/mol. The second-order valence-electron chi connectivity index (χ2n) is 5.19. The third kappa shape index (κ3) is 3.09. The SMILES string of the molecule is CCCc1noc(C(C)N2CC(C)OC(C)C2)n1. The van der Waals surface area contributed by atoms with Crippen LogP contribution in [0.25, 0.3) is 0 Å². The van der Waals surface area contributed by atoms with Crippen molar-refractivity contribution in [3.05, 3.63) is 11.7 Å². The summed E-state index contributed by atoms with van der Waals surface area (Å²) in [5.41, 5.74) is 0. The first-order valence-corrected chi connectivity index (χ1v) is 6.82. The fraction of sp³-hybridized carbons (Fsp3) is 0.846. The summed E-state index contributed by atoms with van der Waals surface area (Å²) in [5, 5.41) is 4.02. The molecule has 2 rings (SSSR count). The first-order chi connectivity index (χ1) is 8.60. The molecule has 0 aromatic carbocycles. The van der Waals surface area contributed by atoms with Crippen molar-refractivity contribution in [1.29, 1.82) is 0 Å². The van der Waals surface area contributed by atoms with Gasteiger partial charge in [0.15, 0.2) is 5.82 Å². The molecular weight excluding hydrogens is 230 g/mol. The van der Waals surface area contributed by atoms with Crippen LogP contribution in [-0.2, 0) is 11.2 Å². The largest absolute Gasteiger partial charge is 0.373 e. The molecule has 1 aliphatic rings. The first kappa shape index (κ1) is 13.5. The Kier molecular flexibility index (Phi) is 4.35. The van der Waals surface area contributed by atoms with Crippen molar-refractivity contribution in [2.45, 2.75) is 58.8 Å². The first-order valence-electron chi connectivity index (χ1n) is 6.82. The third-order valence-electron chi connectivity index (χ3n) is 3.31. The van der Waals surface area contributed by atoms with Gasteiger partial charge in [0.2, 0.25) is 5.89 Å². The van der Waals surface area contributed by atoms with Gasteiger partial charge in [-0.3, -0.25) is 4.90 Å². The fourth-order valence-electron chi connectivity index (χ4n) is 2.45. The molecular formula is C13H23N3O2. The molecule has 0 amide bonds. The van der Waals surface area contributed by atoms with E-state index in [1.807, 2.05) is 0 Å². The molecule has 3 unspecified atom stereocenters. The Labute approximate surface area is 108 Å². The maximum Gasteiger partial charge on any atom is 0.243 e. The van der Waals surface area contributed by atoms with Crippen molar-refractivity contribution in [2.75, 3.05) is 13.1 Å². The Morgan fingerprint density at radius 3 is 2.61 bits per heavy atom. The van der Waals surface area contributed by atoms with Gasteiger partial charge in [0.05, 0.1) is 18.2 Å². The number of ether oxygens (including phenoxy) is 1. The standard InChI is InChI=1S/C13H23N3O2/c1-5-6-12-14-13(18-15-12)11(4)16-7-9(2)17-10(3)8-16/h9-11H,5-8H2,1-4H3. The Hall–Kier alpha value is -0.940. The number of aromatic nitrogens is 2. The highest BCUT2D eigenvalue weighted by Gasteiger charge is 2.29. The van der Waals surface area contributed by atoms with Crippen LogP contribution in [0.15, 0.2) is 4.52 Å². The lowest BCUT2D eigenvalue weighted by atomic mass is 10.2. The monoisotopic (exact) mass is 253 g/mol. The van der Waals surface area contributed by atoms with E-state index in [4.69, 9.17) is 9.26 Å². The highest BCUT2D eigenvalue weighted by atomic mass is 16.5. The number of rotatable bonds is 4. The van der Waals surface area contributed by atoms with E-state index in [0.717, 1.165) is 37.6 Å². The molecule has 5 heteroatoms. The normalized spacial score (nSPS) is 27.3. The zero-order valence-electron chi connectivity index (χ0n) is 11.7. The van der Waals surface area contributed by atoms with Crippen LogP contribution < -0.4 is 0 Å². The van der Waals surface area contributed by atoms with Gasteiger partial charge in [-0.25, -0.2) is 0 Å². The van der Waals surface area contributed by atoms with Gasteiger partial charge in [0, 0.05) is 19.5 Å². The van der Waals surface area contributed by atoms with E-state index in [9.17, 15) is 0 Å². The van der Waals surface area contributed by atoms with E-state index < -0.39 is 0 Å². The predicted octanol–water partition coefficient (Wildman–Crippen LogP) is 2.19. The number of nitrogens with zero attached hydrogens (tertiary/aromatic N) is 3. The number of morpholine rings is 1. The molecule has 102 valence electrons. The van der Waals surface area contributed by atoms with Crippen molar-refractivity contribution in [3.63, 3.8) is 0 Å². The summed E-state index contributed by atoms with van der Waals surface area (Å²) >= 11 is 0. The lowest BCUT2D eigenvalue weighted by Crippen LogP contribution is -2.46. The van der Waals surface area contributed by atoms with Crippen molar-refractivity contribution >= 4 is 0 Å². The van der Waals surface area contributed by atoms with Crippen LogP contribution in [0.3, 0.4) is 0 Å². The number of aryl methyl sites for hydroxylation is 1. The lowest BCUT2D eigenvalue weighted by Gasteiger charge is -2.37. The van der Waals surface area contributed by atoms with Crippen LogP contribution >= 0.6 is 0 Å². The highest BCUT2D eigenvalue weighted by molar-refractivity contribution is 4.93. The summed E-state index contributed by atoms with van der Waals surface area (Å²) in [5.74, 6) is 1.54. The molecule has 5 nitrogen and oxygen atoms in total. The second-order valence-corrected chi connectivity index (χ2v) is 5.19. The van der Waals surface area contributed by atoms with Gasteiger partial charge >= 0.3 is 0 Å². The van der Waals surface area contributed by atoms with Crippen LogP contribution in [0.5, 0.6) is 0 Å². The Balaban J connectivity index is 2.02. The maximum atomic E-state index is 5.74. The van der Waals surface area contributed by atoms with Crippen LogP contribution in [0, 0.1) is 0 Å². The fourth-order valence-corrected chi connectivity index (χ4v) is 2.45. The molecule has 1 aliphatic heterocycles. The number of hydrogen-bond acceptors (Lipinski definition) is 5. The van der Waals surface area contributed by atoms with Gasteiger partial charge in [-0.2, -0.15) is 4.98 Å². The molecule has 0 radical (unpaired) electrons. The van der Waals surface area contributed by atoms with Crippen LogP contribution in [0.1, 0.15) is 51.9 Å². The molecule has 1 fully saturated rings. The Morgan fingerprint density at radius 1 is 1.33 bits per heavy atom. The van der Waals surface area contributed by atoms with E-state index in [1.54, 1.807) is 0 Å². The number of hydrogen-bond donors (Lipinski definition) is 0. The topological polar surface area (TPSA) is 51.4 Å². The molecule has 0 aliphatic carbocycles. The zero-order chi connectivity index (χ0) is 13.1. The lowest BCUT2D eigenvalue weighted by molar-refractivity contribution is -0.0818. The quantitative estimate of drug-likeness (QED) is 0.823. The maximum absolute atomic E-state index is 5.74. The Bertz CT molecular complexity index is 370. The smallest absolute Gasteiger partial charge is 0.243 e. The molecule has 18 heavy (non-hydrogen) atoms. The summed E-state index contributed by atoms with van der Waals surface area (Å²) in [6, 6.07) is 0.164. The Morgan fingerprint density at radius 2 is 2.00 bits per heavy atom. The predicted molar refractivity (Wildman–Crippen MR) is 68.3 cm³/mol. The summed E-state index contributed by atoms with van der Waals surface area (Å²) < 4.78 is 11.1. The van der Waals surface area contributed by atoms with Gasteiger partial charge in [-0.15, -0.1) is 0 Å². The van der Waals surface area contributed by atoms with Gasteiger partial charge in [0.25, 0.3) is 0 Å². The van der Waals surface area contributed by atoms with Gasteiger partial charge in [-0.1, -0.05) is 12.1 Å². The highest BCUT2D eigenvalue weighted by Crippen LogP contribution is 2.23. The van der Waals surface area contributed by atoms with E-state index in [1.165, 1.54) is 0 Å². The minimum atomic E-state index is 0.164. The molecule has 1 aromatic heterocycles. The van der Waals surface area contributed by atoms with Crippen LogP contribution in [0.4, 0.5) is 0 Å².